The van der Waals surface area contributed by atoms with Gasteiger partial charge in [0.15, 0.2) is 0 Å². The molecule has 0 saturated carbocycles. The number of likely N-dealkylation sites (tertiary alicyclic amines) is 1. The monoisotopic (exact) mass is 284 g/mol. The molecule has 4 nitrogen and oxygen atoms in total. The van der Waals surface area contributed by atoms with Gasteiger partial charge in [0, 0.05) is 12.5 Å². The van der Waals surface area contributed by atoms with Gasteiger partial charge in [0.25, 0.3) is 0 Å². The smallest absolute Gasteiger partial charge is 0.138 e. The van der Waals surface area contributed by atoms with Crippen LogP contribution in [0, 0.1) is 6.92 Å². The van der Waals surface area contributed by atoms with Crippen molar-refractivity contribution in [3.63, 3.8) is 0 Å². The average molecular weight is 284 g/mol. The van der Waals surface area contributed by atoms with E-state index in [1.807, 2.05) is 0 Å². The fraction of sp³-hybridized carbons (Fsp3) is 0.529. The molecule has 0 amide bonds. The number of rotatable bonds is 5. The van der Waals surface area contributed by atoms with Crippen LogP contribution in [0.3, 0.4) is 0 Å². The van der Waals surface area contributed by atoms with Crippen molar-refractivity contribution in [2.45, 2.75) is 39.2 Å². The molecule has 0 N–H and O–H groups in total. The van der Waals surface area contributed by atoms with Crippen LogP contribution in [-0.4, -0.2) is 39.3 Å². The van der Waals surface area contributed by atoms with Crippen LogP contribution in [-0.2, 0) is 6.54 Å². The van der Waals surface area contributed by atoms with E-state index in [1.165, 1.54) is 37.1 Å². The number of aryl methyl sites for hydroxylation is 1. The third kappa shape index (κ3) is 3.50. The zero-order chi connectivity index (χ0) is 14.7. The summed E-state index contributed by atoms with van der Waals surface area (Å²) in [5.41, 5.74) is 2.58. The van der Waals surface area contributed by atoms with Crippen LogP contribution in [0.4, 0.5) is 0 Å². The normalized spacial score (nSPS) is 17.2. The topological polar surface area (TPSA) is 34.0 Å². The highest BCUT2D eigenvalue weighted by Gasteiger charge is 2.19. The lowest BCUT2D eigenvalue weighted by atomic mass is 10.1. The predicted octanol–water partition coefficient (Wildman–Crippen LogP) is 2.83. The molecule has 112 valence electrons. The van der Waals surface area contributed by atoms with E-state index in [1.54, 1.807) is 6.33 Å². The first kappa shape index (κ1) is 14.3. The van der Waals surface area contributed by atoms with Gasteiger partial charge in [0.1, 0.15) is 12.2 Å². The molecule has 0 spiro atoms. The number of aromatic nitrogens is 3. The fourth-order valence-corrected chi connectivity index (χ4v) is 3.19. The van der Waals surface area contributed by atoms with E-state index in [0.717, 1.165) is 18.9 Å². The minimum atomic E-state index is 0.426. The zero-order valence-corrected chi connectivity index (χ0v) is 13.0. The molecule has 1 atom stereocenters. The van der Waals surface area contributed by atoms with Crippen molar-refractivity contribution in [2.24, 2.45) is 0 Å². The van der Waals surface area contributed by atoms with Gasteiger partial charge >= 0.3 is 0 Å². The quantitative estimate of drug-likeness (QED) is 0.846. The highest BCUT2D eigenvalue weighted by molar-refractivity contribution is 5.22. The number of nitrogens with zero attached hydrogens (tertiary/aromatic N) is 4. The summed E-state index contributed by atoms with van der Waals surface area (Å²) < 4.78 is 2.05. The third-order valence-electron chi connectivity index (χ3n) is 4.23. The molecular weight excluding hydrogens is 260 g/mol. The van der Waals surface area contributed by atoms with Crippen molar-refractivity contribution in [1.29, 1.82) is 0 Å². The predicted molar refractivity (Wildman–Crippen MR) is 84.4 cm³/mol. The van der Waals surface area contributed by atoms with Gasteiger partial charge < -0.3 is 4.90 Å². The standard InChI is InChI=1S/C17H24N4/c1-14-6-5-7-16(10-14)12-21-17(18-13-19-21)15(2)11-20-8-3-4-9-20/h5-7,10,13,15H,3-4,8-9,11-12H2,1-2H3/t15-/m1/s1. The molecule has 1 aromatic carbocycles. The van der Waals surface area contributed by atoms with Gasteiger partial charge in [0.2, 0.25) is 0 Å². The second-order valence-corrected chi connectivity index (χ2v) is 6.17. The van der Waals surface area contributed by atoms with Gasteiger partial charge in [-0.25, -0.2) is 9.67 Å². The Kier molecular flexibility index (Phi) is 4.34. The molecule has 1 saturated heterocycles. The molecule has 3 rings (SSSR count). The van der Waals surface area contributed by atoms with Gasteiger partial charge in [-0.2, -0.15) is 5.10 Å². The van der Waals surface area contributed by atoms with Crippen LogP contribution in [0.15, 0.2) is 30.6 Å². The Morgan fingerprint density at radius 3 is 2.81 bits per heavy atom. The van der Waals surface area contributed by atoms with Crippen LogP contribution in [0.25, 0.3) is 0 Å². The van der Waals surface area contributed by atoms with Crippen LogP contribution in [0.2, 0.25) is 0 Å². The maximum Gasteiger partial charge on any atom is 0.138 e. The molecule has 4 heteroatoms. The summed E-state index contributed by atoms with van der Waals surface area (Å²) in [6.07, 6.45) is 4.36. The highest BCUT2D eigenvalue weighted by Crippen LogP contribution is 2.18. The van der Waals surface area contributed by atoms with E-state index in [4.69, 9.17) is 0 Å². The highest BCUT2D eigenvalue weighted by atomic mass is 15.3. The molecule has 0 radical (unpaired) electrons. The minimum Gasteiger partial charge on any atom is -0.303 e. The summed E-state index contributed by atoms with van der Waals surface area (Å²) >= 11 is 0. The van der Waals surface area contributed by atoms with Crippen molar-refractivity contribution in [1.82, 2.24) is 19.7 Å². The van der Waals surface area contributed by atoms with Crippen molar-refractivity contribution in [3.8, 4) is 0 Å². The van der Waals surface area contributed by atoms with E-state index < -0.39 is 0 Å². The summed E-state index contributed by atoms with van der Waals surface area (Å²) in [5.74, 6) is 1.53. The lowest BCUT2D eigenvalue weighted by Gasteiger charge is -2.20. The Hall–Kier alpha value is -1.68. The third-order valence-corrected chi connectivity index (χ3v) is 4.23. The summed E-state index contributed by atoms with van der Waals surface area (Å²) in [5, 5.41) is 4.42. The van der Waals surface area contributed by atoms with E-state index in [2.05, 4.69) is 57.8 Å². The average Bonchev–Trinajstić information content (AvgIpc) is 3.10. The summed E-state index contributed by atoms with van der Waals surface area (Å²) in [6.45, 7) is 8.75. The number of hydrogen-bond donors (Lipinski definition) is 0. The lowest BCUT2D eigenvalue weighted by molar-refractivity contribution is 0.313. The second kappa shape index (κ2) is 6.39. The van der Waals surface area contributed by atoms with Crippen LogP contribution in [0.1, 0.15) is 42.6 Å². The van der Waals surface area contributed by atoms with Crippen molar-refractivity contribution in [2.75, 3.05) is 19.6 Å². The SMILES string of the molecule is Cc1cccc(Cn2ncnc2[C@H](C)CN2CCCC2)c1. The van der Waals surface area contributed by atoms with Crippen molar-refractivity contribution in [3.05, 3.63) is 47.5 Å². The number of benzene rings is 1. The van der Waals surface area contributed by atoms with Gasteiger partial charge in [-0.3, -0.25) is 0 Å². The molecule has 1 aliphatic rings. The van der Waals surface area contributed by atoms with Crippen LogP contribution >= 0.6 is 0 Å². The minimum absolute atomic E-state index is 0.426. The summed E-state index contributed by atoms with van der Waals surface area (Å²) in [7, 11) is 0. The maximum atomic E-state index is 4.50. The lowest BCUT2D eigenvalue weighted by Crippen LogP contribution is -2.26. The Labute approximate surface area is 126 Å². The number of hydrogen-bond acceptors (Lipinski definition) is 3. The first-order valence-corrected chi connectivity index (χ1v) is 7.88. The zero-order valence-electron chi connectivity index (χ0n) is 13.0. The van der Waals surface area contributed by atoms with E-state index in [-0.39, 0.29) is 0 Å². The Balaban J connectivity index is 1.70. The Morgan fingerprint density at radius 1 is 1.24 bits per heavy atom. The molecule has 1 aromatic heterocycles. The van der Waals surface area contributed by atoms with Gasteiger partial charge in [-0.1, -0.05) is 36.8 Å². The van der Waals surface area contributed by atoms with Crippen LogP contribution < -0.4 is 0 Å². The molecule has 2 heterocycles. The molecule has 21 heavy (non-hydrogen) atoms. The molecule has 0 aliphatic carbocycles. The van der Waals surface area contributed by atoms with E-state index in [9.17, 15) is 0 Å². The first-order chi connectivity index (χ1) is 10.2. The Bertz CT molecular complexity index is 584. The largest absolute Gasteiger partial charge is 0.303 e. The van der Waals surface area contributed by atoms with E-state index >= 15 is 0 Å². The van der Waals surface area contributed by atoms with Gasteiger partial charge in [-0.05, 0) is 38.4 Å². The molecular formula is C17H24N4. The molecule has 0 bridgehead atoms. The first-order valence-electron chi connectivity index (χ1n) is 7.88. The molecule has 2 aromatic rings. The van der Waals surface area contributed by atoms with E-state index in [0.29, 0.717) is 5.92 Å². The molecule has 1 fully saturated rings. The van der Waals surface area contributed by atoms with Crippen LogP contribution in [0.5, 0.6) is 0 Å². The van der Waals surface area contributed by atoms with Gasteiger partial charge in [0.05, 0.1) is 6.54 Å². The second-order valence-electron chi connectivity index (χ2n) is 6.17. The molecule has 1 aliphatic heterocycles. The summed E-state index contributed by atoms with van der Waals surface area (Å²) in [6, 6.07) is 8.61. The summed E-state index contributed by atoms with van der Waals surface area (Å²) in [4.78, 5) is 7.04. The maximum absolute atomic E-state index is 4.50. The molecule has 0 unspecified atom stereocenters. The fourth-order valence-electron chi connectivity index (χ4n) is 3.19. The van der Waals surface area contributed by atoms with Crippen molar-refractivity contribution < 1.29 is 0 Å². The van der Waals surface area contributed by atoms with Gasteiger partial charge in [-0.15, -0.1) is 0 Å². The van der Waals surface area contributed by atoms with Crippen molar-refractivity contribution >= 4 is 0 Å². The Morgan fingerprint density at radius 2 is 2.05 bits per heavy atom.